The van der Waals surface area contributed by atoms with Crippen molar-refractivity contribution in [2.24, 2.45) is 5.41 Å². The van der Waals surface area contributed by atoms with Gasteiger partial charge < -0.3 is 4.52 Å². The molecule has 1 N–H and O–H groups in total. The van der Waals surface area contributed by atoms with Gasteiger partial charge in [0.05, 0.1) is 16.0 Å². The predicted octanol–water partition coefficient (Wildman–Crippen LogP) is 2.67. The van der Waals surface area contributed by atoms with Crippen LogP contribution >= 0.6 is 11.3 Å². The molecular formula is C16H18N4O3S2. The zero-order chi connectivity index (χ0) is 17.5. The molecule has 4 rings (SSSR count). The normalized spacial score (nSPS) is 16.2. The van der Waals surface area contributed by atoms with Crippen LogP contribution in [0.4, 0.5) is 0 Å². The summed E-state index contributed by atoms with van der Waals surface area (Å²) in [6.45, 7) is 2.95. The monoisotopic (exact) mass is 378 g/mol. The molecule has 7 nitrogen and oxygen atoms in total. The van der Waals surface area contributed by atoms with Crippen molar-refractivity contribution in [1.29, 1.82) is 0 Å². The first kappa shape index (κ1) is 16.5. The number of rotatable bonds is 7. The number of sulfonamides is 1. The second-order valence-corrected chi connectivity index (χ2v) is 9.43. The maximum absolute atomic E-state index is 12.7. The molecule has 3 aromatic rings. The highest BCUT2D eigenvalue weighted by molar-refractivity contribution is 7.89. The smallest absolute Gasteiger partial charge is 0.241 e. The molecule has 1 saturated carbocycles. The summed E-state index contributed by atoms with van der Waals surface area (Å²) in [6.07, 6.45) is 7.19. The van der Waals surface area contributed by atoms with Crippen molar-refractivity contribution in [3.63, 3.8) is 0 Å². The Kier molecular flexibility index (Phi) is 4.01. The second kappa shape index (κ2) is 6.08. The van der Waals surface area contributed by atoms with Gasteiger partial charge >= 0.3 is 0 Å². The molecule has 1 aliphatic rings. The fourth-order valence-corrected chi connectivity index (χ4v) is 5.53. The Morgan fingerprint density at radius 2 is 2.24 bits per heavy atom. The van der Waals surface area contributed by atoms with E-state index in [1.807, 2.05) is 16.9 Å². The third-order valence-electron chi connectivity index (χ3n) is 4.49. The lowest BCUT2D eigenvalue weighted by Gasteiger charge is -2.16. The lowest BCUT2D eigenvalue weighted by atomic mass is 10.1. The molecule has 0 atom stereocenters. The highest BCUT2D eigenvalue weighted by Gasteiger charge is 2.44. The molecule has 0 amide bonds. The van der Waals surface area contributed by atoms with E-state index in [9.17, 15) is 8.42 Å². The van der Waals surface area contributed by atoms with Gasteiger partial charge in [-0.05, 0) is 31.9 Å². The molecular weight excluding hydrogens is 360 g/mol. The lowest BCUT2D eigenvalue weighted by Crippen LogP contribution is -2.32. The van der Waals surface area contributed by atoms with E-state index in [0.717, 1.165) is 29.1 Å². The van der Waals surface area contributed by atoms with Crippen molar-refractivity contribution in [2.45, 2.75) is 31.2 Å². The van der Waals surface area contributed by atoms with Gasteiger partial charge in [0.2, 0.25) is 10.0 Å². The minimum absolute atomic E-state index is 0.0310. The molecule has 132 valence electrons. The van der Waals surface area contributed by atoms with Crippen LogP contribution in [0.5, 0.6) is 0 Å². The quantitative estimate of drug-likeness (QED) is 0.683. The molecule has 0 spiro atoms. The molecule has 9 heteroatoms. The number of nitrogens with one attached hydrogen (secondary N) is 1. The van der Waals surface area contributed by atoms with Gasteiger partial charge in [0, 0.05) is 41.8 Å². The zero-order valence-corrected chi connectivity index (χ0v) is 15.3. The Hall–Kier alpha value is -1.97. The van der Waals surface area contributed by atoms with Gasteiger partial charge in [-0.15, -0.1) is 11.3 Å². The number of aromatic nitrogens is 3. The number of hydrogen-bond acceptors (Lipinski definition) is 6. The SMILES string of the molecule is Cc1sc(-c2ccno2)cc1S(=O)(=O)NCC1(Cn2cccn2)CC1. The molecule has 0 aliphatic heterocycles. The average molecular weight is 378 g/mol. The third-order valence-corrected chi connectivity index (χ3v) is 7.22. The predicted molar refractivity (Wildman–Crippen MR) is 93.6 cm³/mol. The molecule has 1 aliphatic carbocycles. The number of thiophene rings is 1. The highest BCUT2D eigenvalue weighted by atomic mass is 32.2. The first-order valence-electron chi connectivity index (χ1n) is 7.96. The molecule has 25 heavy (non-hydrogen) atoms. The van der Waals surface area contributed by atoms with Crippen LogP contribution < -0.4 is 4.72 Å². The molecule has 0 bridgehead atoms. The zero-order valence-electron chi connectivity index (χ0n) is 13.7. The van der Waals surface area contributed by atoms with Gasteiger partial charge in [-0.3, -0.25) is 4.68 Å². The van der Waals surface area contributed by atoms with E-state index >= 15 is 0 Å². The summed E-state index contributed by atoms with van der Waals surface area (Å²) in [6, 6.07) is 5.24. The Morgan fingerprint density at radius 3 is 2.88 bits per heavy atom. The Balaban J connectivity index is 1.49. The second-order valence-electron chi connectivity index (χ2n) is 6.44. The maximum atomic E-state index is 12.7. The molecule has 0 aromatic carbocycles. The minimum atomic E-state index is -3.56. The van der Waals surface area contributed by atoms with E-state index in [2.05, 4.69) is 15.0 Å². The van der Waals surface area contributed by atoms with Crippen LogP contribution in [0, 0.1) is 12.3 Å². The van der Waals surface area contributed by atoms with Gasteiger partial charge in [-0.25, -0.2) is 13.1 Å². The van der Waals surface area contributed by atoms with Crippen LogP contribution in [0.15, 0.2) is 46.2 Å². The Morgan fingerprint density at radius 1 is 1.40 bits per heavy atom. The number of aryl methyl sites for hydroxylation is 1. The van der Waals surface area contributed by atoms with Crippen molar-refractivity contribution in [3.05, 3.63) is 41.7 Å². The Bertz CT molecular complexity index is 955. The van der Waals surface area contributed by atoms with Gasteiger partial charge in [0.15, 0.2) is 5.76 Å². The first-order valence-corrected chi connectivity index (χ1v) is 10.3. The van der Waals surface area contributed by atoms with Crippen molar-refractivity contribution in [2.75, 3.05) is 6.54 Å². The van der Waals surface area contributed by atoms with Gasteiger partial charge in [-0.1, -0.05) is 5.16 Å². The molecule has 0 saturated heterocycles. The molecule has 1 fully saturated rings. The maximum Gasteiger partial charge on any atom is 0.241 e. The molecule has 3 aromatic heterocycles. The fraction of sp³-hybridized carbons (Fsp3) is 0.375. The largest absolute Gasteiger partial charge is 0.355 e. The van der Waals surface area contributed by atoms with Gasteiger partial charge in [0.1, 0.15) is 0 Å². The summed E-state index contributed by atoms with van der Waals surface area (Å²) in [7, 11) is -3.56. The summed E-state index contributed by atoms with van der Waals surface area (Å²) in [5, 5.41) is 7.89. The third kappa shape index (κ3) is 3.39. The van der Waals surface area contributed by atoms with Crippen molar-refractivity contribution >= 4 is 21.4 Å². The molecule has 0 radical (unpaired) electrons. The first-order chi connectivity index (χ1) is 12.0. The van der Waals surface area contributed by atoms with Crippen molar-refractivity contribution < 1.29 is 12.9 Å². The lowest BCUT2D eigenvalue weighted by molar-refractivity contribution is 0.393. The van der Waals surface area contributed by atoms with Crippen LogP contribution in [-0.2, 0) is 16.6 Å². The summed E-state index contributed by atoms with van der Waals surface area (Å²) >= 11 is 1.38. The molecule has 3 heterocycles. The van der Waals surface area contributed by atoms with E-state index in [0.29, 0.717) is 17.2 Å². The van der Waals surface area contributed by atoms with E-state index in [1.165, 1.54) is 11.3 Å². The summed E-state index contributed by atoms with van der Waals surface area (Å²) in [5.41, 5.74) is -0.0310. The van der Waals surface area contributed by atoms with Crippen LogP contribution in [-0.4, -0.2) is 29.9 Å². The van der Waals surface area contributed by atoms with E-state index in [-0.39, 0.29) is 5.41 Å². The van der Waals surface area contributed by atoms with Crippen LogP contribution in [0.2, 0.25) is 0 Å². The topological polar surface area (TPSA) is 90.0 Å². The number of nitrogens with zero attached hydrogens (tertiary/aromatic N) is 3. The van der Waals surface area contributed by atoms with Crippen LogP contribution in [0.1, 0.15) is 17.7 Å². The summed E-state index contributed by atoms with van der Waals surface area (Å²) < 4.78 is 35.2. The van der Waals surface area contributed by atoms with E-state index in [4.69, 9.17) is 4.52 Å². The van der Waals surface area contributed by atoms with Gasteiger partial charge in [0.25, 0.3) is 0 Å². The number of hydrogen-bond donors (Lipinski definition) is 1. The van der Waals surface area contributed by atoms with Crippen molar-refractivity contribution in [1.82, 2.24) is 19.7 Å². The van der Waals surface area contributed by atoms with Crippen molar-refractivity contribution in [3.8, 4) is 10.6 Å². The van der Waals surface area contributed by atoms with Crippen LogP contribution in [0.3, 0.4) is 0 Å². The Labute approximate surface area is 149 Å². The van der Waals surface area contributed by atoms with E-state index < -0.39 is 10.0 Å². The van der Waals surface area contributed by atoms with Gasteiger partial charge in [-0.2, -0.15) is 5.10 Å². The van der Waals surface area contributed by atoms with Crippen LogP contribution in [0.25, 0.3) is 10.6 Å². The standard InChI is InChI=1S/C16H18N4O3S2/c1-12-15(9-14(24-12)13-3-7-18-23-13)25(21,22)19-10-16(4-5-16)11-20-8-2-6-17-20/h2-3,6-9,19H,4-5,10-11H2,1H3. The minimum Gasteiger partial charge on any atom is -0.355 e. The fourth-order valence-electron chi connectivity index (χ4n) is 2.83. The molecule has 0 unspecified atom stereocenters. The highest BCUT2D eigenvalue weighted by Crippen LogP contribution is 2.46. The summed E-state index contributed by atoms with van der Waals surface area (Å²) in [4.78, 5) is 1.79. The van der Waals surface area contributed by atoms with E-state index in [1.54, 1.807) is 31.5 Å². The summed E-state index contributed by atoms with van der Waals surface area (Å²) in [5.74, 6) is 0.576. The average Bonchev–Trinajstić information content (AvgIpc) is 3.02.